The number of amides is 6. The van der Waals surface area contributed by atoms with E-state index in [1.807, 2.05) is 74.5 Å². The number of β-amino-alcohol motifs (C(OH)–C–C–N with tert-alkyl or cyclic N) is 1. The number of anilines is 3. The fourth-order valence-electron chi connectivity index (χ4n) is 11.3. The molecule has 20 heteroatoms. The summed E-state index contributed by atoms with van der Waals surface area (Å²) in [6.07, 6.45) is 11.4. The van der Waals surface area contributed by atoms with Gasteiger partial charge in [0.1, 0.15) is 40.6 Å². The molecular weight excluding hydrogens is 1110 g/mol. The number of hydrogen-bond donors (Lipinski definition) is 5. The fraction of sp³-hybridized carbons (Fsp3) is 0.455. The van der Waals surface area contributed by atoms with Crippen molar-refractivity contribution in [1.29, 1.82) is 0 Å². The summed E-state index contributed by atoms with van der Waals surface area (Å²) in [5.74, 6) is -0.240. The summed E-state index contributed by atoms with van der Waals surface area (Å²) in [7, 11) is 1.63. The van der Waals surface area contributed by atoms with Crippen molar-refractivity contribution in [3.05, 3.63) is 120 Å². The van der Waals surface area contributed by atoms with E-state index in [4.69, 9.17) is 9.47 Å². The lowest BCUT2D eigenvalue weighted by Gasteiger charge is -2.36. The van der Waals surface area contributed by atoms with E-state index in [9.17, 15) is 38.3 Å². The number of carbonyl (C=O) groups is 6. The number of aromatic nitrogens is 2. The Morgan fingerprint density at radius 1 is 0.767 bits per heavy atom. The minimum absolute atomic E-state index is 0.0226. The quantitative estimate of drug-likeness (QED) is 0.0253. The maximum Gasteiger partial charge on any atom is 0.246 e. The Bertz CT molecular complexity index is 3340. The second kappa shape index (κ2) is 28.5. The number of benzene rings is 4. The molecule has 18 nitrogen and oxygen atoms in total. The van der Waals surface area contributed by atoms with Crippen molar-refractivity contribution in [2.24, 2.45) is 10.8 Å². The molecule has 0 spiro atoms. The molecule has 2 aromatic heterocycles. The number of pyridine rings is 1. The number of fused-ring (bicyclic) bond motifs is 1. The highest BCUT2D eigenvalue weighted by atomic mass is 32.1. The van der Waals surface area contributed by atoms with Crippen LogP contribution < -0.4 is 35.6 Å². The van der Waals surface area contributed by atoms with Gasteiger partial charge in [-0.05, 0) is 116 Å². The van der Waals surface area contributed by atoms with Gasteiger partial charge < -0.3 is 50.5 Å². The highest BCUT2D eigenvalue weighted by Gasteiger charge is 2.56. The van der Waals surface area contributed by atoms with Gasteiger partial charge in [0.2, 0.25) is 35.4 Å². The molecule has 0 unspecified atom stereocenters. The Kier molecular flexibility index (Phi) is 20.7. The van der Waals surface area contributed by atoms with Crippen LogP contribution >= 0.6 is 11.3 Å². The summed E-state index contributed by atoms with van der Waals surface area (Å²) in [6, 6.07) is 24.2. The number of hydrogen-bond acceptors (Lipinski definition) is 13. The van der Waals surface area contributed by atoms with E-state index in [0.717, 1.165) is 84.1 Å². The summed E-state index contributed by atoms with van der Waals surface area (Å²) >= 11 is 1.58. The highest BCUT2D eigenvalue weighted by Crippen LogP contribution is 2.48. The number of rotatable bonds is 26. The molecular formula is C66H80FN9O9S. The molecule has 6 aromatic rings. The zero-order valence-corrected chi connectivity index (χ0v) is 50.7. The van der Waals surface area contributed by atoms with Crippen molar-refractivity contribution in [1.82, 2.24) is 30.4 Å². The monoisotopic (exact) mass is 1190 g/mol. The van der Waals surface area contributed by atoms with Crippen molar-refractivity contribution < 1.29 is 47.7 Å². The van der Waals surface area contributed by atoms with Crippen LogP contribution in [0, 0.1) is 23.6 Å². The van der Waals surface area contributed by atoms with Crippen molar-refractivity contribution >= 4 is 74.7 Å². The molecule has 0 radical (unpaired) electrons. The zero-order chi connectivity index (χ0) is 61.0. The third-order valence-corrected chi connectivity index (χ3v) is 17.5. The molecule has 3 atom stereocenters. The van der Waals surface area contributed by atoms with E-state index in [0.29, 0.717) is 92.4 Å². The molecule has 456 valence electrons. The number of nitrogens with zero attached hydrogens (tertiary/aromatic N) is 5. The van der Waals surface area contributed by atoms with Crippen LogP contribution in [-0.2, 0) is 35.3 Å². The number of carbonyl (C=O) groups excluding carboxylic acids is 6. The molecule has 6 amide bonds. The third kappa shape index (κ3) is 15.9. The van der Waals surface area contributed by atoms with E-state index < -0.39 is 46.6 Å². The molecule has 86 heavy (non-hydrogen) atoms. The first-order valence-corrected chi connectivity index (χ1v) is 31.0. The molecule has 4 heterocycles. The van der Waals surface area contributed by atoms with Crippen LogP contribution in [0.3, 0.4) is 0 Å². The topological polar surface area (TPSA) is 225 Å². The normalized spacial score (nSPS) is 16.8. The third-order valence-electron chi connectivity index (χ3n) is 16.5. The molecule has 1 aliphatic carbocycles. The number of aliphatic hydroxyl groups excluding tert-OH is 1. The number of nitrogens with one attached hydrogen (secondary N) is 4. The van der Waals surface area contributed by atoms with Crippen LogP contribution in [0.2, 0.25) is 0 Å². The molecule has 0 bridgehead atoms. The SMILES string of the molecule is COc1cc2c(Oc3ccc(NC(=O)C4(C(=O)Nc5ccc(F)cc5)CC4)cc3)ccnc2cc1N1CCN(C(=O)CCCCCCCCCCCC(=O)N[C@H](C(=O)N2C[C@H](O)C[C@H]2C(=O)NCc2ccc(-c3scnc3C)cc2)C(C)(C)C)CC1. The lowest BCUT2D eigenvalue weighted by Crippen LogP contribution is -2.57. The van der Waals surface area contributed by atoms with E-state index in [2.05, 4.69) is 36.1 Å². The van der Waals surface area contributed by atoms with Gasteiger partial charge in [-0.25, -0.2) is 9.37 Å². The van der Waals surface area contributed by atoms with Gasteiger partial charge in [-0.2, -0.15) is 0 Å². The number of aliphatic hydroxyl groups is 1. The van der Waals surface area contributed by atoms with Gasteiger partial charge in [0.05, 0.1) is 40.5 Å². The average Bonchev–Trinajstić information content (AvgIpc) is 1.77. The number of piperazine rings is 1. The first-order valence-electron chi connectivity index (χ1n) is 30.1. The van der Waals surface area contributed by atoms with Gasteiger partial charge in [0.15, 0.2) is 0 Å². The molecule has 5 N–H and O–H groups in total. The maximum absolute atomic E-state index is 14.1. The second-order valence-corrected chi connectivity index (χ2v) is 24.8. The van der Waals surface area contributed by atoms with Gasteiger partial charge in [-0.3, -0.25) is 33.8 Å². The number of methoxy groups -OCH3 is 1. The number of thiazole rings is 1. The van der Waals surface area contributed by atoms with Crippen molar-refractivity contribution in [2.45, 2.75) is 142 Å². The van der Waals surface area contributed by atoms with Crippen LogP contribution in [0.1, 0.15) is 122 Å². The Hall–Kier alpha value is -7.97. The predicted octanol–water partition coefficient (Wildman–Crippen LogP) is 10.7. The maximum atomic E-state index is 14.1. The summed E-state index contributed by atoms with van der Waals surface area (Å²) in [4.78, 5) is 96.1. The summed E-state index contributed by atoms with van der Waals surface area (Å²) < 4.78 is 25.6. The smallest absolute Gasteiger partial charge is 0.246 e. The standard InChI is InChI=1S/C66H80FN9O9S/c1-43-59(86-42-70-43)45-19-17-44(18-20-45)40-69-61(80)54-37-49(77)41-76(54)62(81)60(65(2,3)4)73-57(78)15-13-11-9-7-6-8-10-12-14-16-58(79)75-35-33-74(34-36-75)53-39-52-51(38-56(53)84-5)55(29-32-68-52)85-50-27-25-48(26-28-50)72-64(83)66(30-31-66)63(82)71-47-23-21-46(67)22-24-47/h17-29,32,38-39,42,49,54,60,77H,6-16,30-31,33-37,40-41H2,1-5H3,(H,69,80)(H,71,82)(H,72,83)(H,73,78)/t49-,54+,60-/m1/s1. The van der Waals surface area contributed by atoms with Gasteiger partial charge in [0.25, 0.3) is 0 Å². The molecule has 1 saturated carbocycles. The first-order chi connectivity index (χ1) is 41.4. The van der Waals surface area contributed by atoms with Crippen LogP contribution in [0.4, 0.5) is 21.5 Å². The fourth-order valence-corrected chi connectivity index (χ4v) is 12.1. The number of likely N-dealkylation sites (tertiary alicyclic amines) is 1. The molecule has 9 rings (SSSR count). The lowest BCUT2D eigenvalue weighted by atomic mass is 9.85. The molecule has 2 saturated heterocycles. The number of unbranched alkanes of at least 4 members (excludes halogenated alkanes) is 8. The van der Waals surface area contributed by atoms with E-state index >= 15 is 0 Å². The van der Waals surface area contributed by atoms with Crippen molar-refractivity contribution in [3.63, 3.8) is 0 Å². The van der Waals surface area contributed by atoms with Gasteiger partial charge in [-0.15, -0.1) is 11.3 Å². The van der Waals surface area contributed by atoms with Crippen LogP contribution in [0.5, 0.6) is 17.2 Å². The van der Waals surface area contributed by atoms with E-state index in [1.165, 1.54) is 29.2 Å². The molecule has 2 aliphatic heterocycles. The largest absolute Gasteiger partial charge is 0.495 e. The Morgan fingerprint density at radius 2 is 1.38 bits per heavy atom. The predicted molar refractivity (Wildman–Crippen MR) is 331 cm³/mol. The van der Waals surface area contributed by atoms with Crippen LogP contribution in [0.15, 0.2) is 103 Å². The number of halogens is 1. The minimum Gasteiger partial charge on any atom is -0.495 e. The zero-order valence-electron chi connectivity index (χ0n) is 49.9. The van der Waals surface area contributed by atoms with Gasteiger partial charge in [-0.1, -0.05) is 90.0 Å². The Morgan fingerprint density at radius 3 is 1.98 bits per heavy atom. The second-order valence-electron chi connectivity index (χ2n) is 24.0. The van der Waals surface area contributed by atoms with Crippen LogP contribution in [-0.4, -0.2) is 118 Å². The molecule has 3 aliphatic rings. The Balaban J connectivity index is 0.635. The summed E-state index contributed by atoms with van der Waals surface area (Å²) in [5.41, 5.74) is 5.47. The summed E-state index contributed by atoms with van der Waals surface area (Å²) in [5, 5.41) is 22.9. The number of aryl methyl sites for hydroxylation is 1. The van der Waals surface area contributed by atoms with Gasteiger partial charge >= 0.3 is 0 Å². The van der Waals surface area contributed by atoms with Crippen LogP contribution in [0.25, 0.3) is 21.3 Å². The van der Waals surface area contributed by atoms with Gasteiger partial charge in [0, 0.05) is 81.5 Å². The lowest BCUT2D eigenvalue weighted by molar-refractivity contribution is -0.144. The highest BCUT2D eigenvalue weighted by molar-refractivity contribution is 7.13. The van der Waals surface area contributed by atoms with Crippen molar-refractivity contribution in [2.75, 3.05) is 55.4 Å². The number of ether oxygens (including phenoxy) is 2. The van der Waals surface area contributed by atoms with Crippen molar-refractivity contribution in [3.8, 4) is 27.7 Å². The van der Waals surface area contributed by atoms with E-state index in [1.54, 1.807) is 55.0 Å². The van der Waals surface area contributed by atoms with E-state index in [-0.39, 0.29) is 43.1 Å². The Labute approximate surface area is 506 Å². The average molecular weight is 1190 g/mol. The minimum atomic E-state index is -1.19. The summed E-state index contributed by atoms with van der Waals surface area (Å²) in [6.45, 7) is 10.4. The first kappa shape index (κ1) is 62.6. The molecule has 3 fully saturated rings. The molecule has 4 aromatic carbocycles.